The molecule has 0 radical (unpaired) electrons. The summed E-state index contributed by atoms with van der Waals surface area (Å²) in [6, 6.07) is 9.93. The standard InChI is InChI=1S/C13H17NO/c1-4-12(14-3)13(15-5-2)11-9-7-6-8-10-11/h1,6-10,12-14H,5H2,2-3H3. The number of likely N-dealkylation sites (N-methyl/N-ethyl adjacent to an activating group) is 1. The molecule has 0 fully saturated rings. The summed E-state index contributed by atoms with van der Waals surface area (Å²) in [6.45, 7) is 2.62. The molecule has 1 N–H and O–H groups in total. The van der Waals surface area contributed by atoms with E-state index in [1.54, 1.807) is 0 Å². The Balaban J connectivity index is 2.88. The van der Waals surface area contributed by atoms with Crippen LogP contribution in [0.1, 0.15) is 18.6 Å². The van der Waals surface area contributed by atoms with Crippen LogP contribution in [0.5, 0.6) is 0 Å². The number of rotatable bonds is 5. The van der Waals surface area contributed by atoms with Crippen molar-refractivity contribution in [3.05, 3.63) is 35.9 Å². The molecule has 0 bridgehead atoms. The molecule has 80 valence electrons. The van der Waals surface area contributed by atoms with Gasteiger partial charge in [0.15, 0.2) is 0 Å². The van der Waals surface area contributed by atoms with Gasteiger partial charge in [0.2, 0.25) is 0 Å². The fourth-order valence-corrected chi connectivity index (χ4v) is 1.53. The Bertz CT molecular complexity index is 315. The summed E-state index contributed by atoms with van der Waals surface area (Å²) in [5.74, 6) is 2.70. The highest BCUT2D eigenvalue weighted by molar-refractivity contribution is 5.22. The second-order valence-electron chi connectivity index (χ2n) is 3.22. The van der Waals surface area contributed by atoms with Crippen molar-refractivity contribution in [3.63, 3.8) is 0 Å². The van der Waals surface area contributed by atoms with E-state index >= 15 is 0 Å². The van der Waals surface area contributed by atoms with Crippen molar-refractivity contribution in [2.45, 2.75) is 19.1 Å². The van der Waals surface area contributed by atoms with Crippen molar-refractivity contribution in [3.8, 4) is 12.3 Å². The van der Waals surface area contributed by atoms with E-state index in [4.69, 9.17) is 11.2 Å². The van der Waals surface area contributed by atoms with Gasteiger partial charge in [-0.05, 0) is 19.5 Å². The van der Waals surface area contributed by atoms with Crippen LogP contribution in [0.4, 0.5) is 0 Å². The van der Waals surface area contributed by atoms with Crippen LogP contribution in [0.3, 0.4) is 0 Å². The van der Waals surface area contributed by atoms with Crippen molar-refractivity contribution in [2.75, 3.05) is 13.7 Å². The minimum absolute atomic E-state index is 0.0776. The van der Waals surface area contributed by atoms with Crippen molar-refractivity contribution in [1.29, 1.82) is 0 Å². The maximum absolute atomic E-state index is 5.67. The molecule has 0 amide bonds. The lowest BCUT2D eigenvalue weighted by Gasteiger charge is -2.23. The Morgan fingerprint density at radius 3 is 2.53 bits per heavy atom. The van der Waals surface area contributed by atoms with E-state index in [1.165, 1.54) is 0 Å². The first kappa shape index (κ1) is 11.8. The van der Waals surface area contributed by atoms with Crippen LogP contribution in [-0.2, 0) is 4.74 Å². The highest BCUT2D eigenvalue weighted by atomic mass is 16.5. The quantitative estimate of drug-likeness (QED) is 0.739. The summed E-state index contributed by atoms with van der Waals surface area (Å²) in [6.07, 6.45) is 5.38. The molecule has 0 spiro atoms. The third-order valence-electron chi connectivity index (χ3n) is 2.27. The molecule has 15 heavy (non-hydrogen) atoms. The molecule has 0 aromatic heterocycles. The van der Waals surface area contributed by atoms with E-state index in [-0.39, 0.29) is 12.1 Å². The molecular formula is C13H17NO. The highest BCUT2D eigenvalue weighted by Crippen LogP contribution is 2.20. The lowest BCUT2D eigenvalue weighted by atomic mass is 10.0. The van der Waals surface area contributed by atoms with Gasteiger partial charge in [0.05, 0.1) is 6.04 Å². The van der Waals surface area contributed by atoms with Gasteiger partial charge in [0.1, 0.15) is 6.10 Å². The van der Waals surface area contributed by atoms with Crippen LogP contribution in [0.25, 0.3) is 0 Å². The molecule has 0 aliphatic rings. The lowest BCUT2D eigenvalue weighted by Crippen LogP contribution is -2.32. The minimum atomic E-state index is -0.0904. The van der Waals surface area contributed by atoms with E-state index in [1.807, 2.05) is 44.3 Å². The number of nitrogens with one attached hydrogen (secondary N) is 1. The van der Waals surface area contributed by atoms with Crippen molar-refractivity contribution < 1.29 is 4.74 Å². The molecule has 0 heterocycles. The first-order valence-electron chi connectivity index (χ1n) is 5.13. The van der Waals surface area contributed by atoms with Crippen LogP contribution < -0.4 is 5.32 Å². The Morgan fingerprint density at radius 1 is 1.40 bits per heavy atom. The average molecular weight is 203 g/mol. The lowest BCUT2D eigenvalue weighted by molar-refractivity contribution is 0.0489. The molecule has 0 aliphatic heterocycles. The summed E-state index contributed by atoms with van der Waals surface area (Å²) in [7, 11) is 1.85. The maximum Gasteiger partial charge on any atom is 0.109 e. The number of benzene rings is 1. The van der Waals surface area contributed by atoms with Gasteiger partial charge < -0.3 is 10.1 Å². The molecule has 1 aromatic carbocycles. The first-order chi connectivity index (χ1) is 7.33. The van der Waals surface area contributed by atoms with Gasteiger partial charge in [-0.1, -0.05) is 36.3 Å². The summed E-state index contributed by atoms with van der Waals surface area (Å²) in [5.41, 5.74) is 1.11. The summed E-state index contributed by atoms with van der Waals surface area (Å²) >= 11 is 0. The molecule has 2 atom stereocenters. The highest BCUT2D eigenvalue weighted by Gasteiger charge is 2.19. The number of ether oxygens (including phenoxy) is 1. The van der Waals surface area contributed by atoms with Crippen LogP contribution in [0.2, 0.25) is 0 Å². The smallest absolute Gasteiger partial charge is 0.109 e. The van der Waals surface area contributed by atoms with Crippen LogP contribution in [-0.4, -0.2) is 19.7 Å². The SMILES string of the molecule is C#CC(NC)C(OCC)c1ccccc1. The van der Waals surface area contributed by atoms with Gasteiger partial charge in [-0.3, -0.25) is 0 Å². The zero-order valence-electron chi connectivity index (χ0n) is 9.23. The summed E-state index contributed by atoms with van der Waals surface area (Å²) in [4.78, 5) is 0. The second-order valence-corrected chi connectivity index (χ2v) is 3.22. The van der Waals surface area contributed by atoms with Gasteiger partial charge in [0.25, 0.3) is 0 Å². The molecule has 1 rings (SSSR count). The third-order valence-corrected chi connectivity index (χ3v) is 2.27. The number of terminal acetylenes is 1. The Morgan fingerprint density at radius 2 is 2.07 bits per heavy atom. The number of hydrogen-bond acceptors (Lipinski definition) is 2. The van der Waals surface area contributed by atoms with Crippen molar-refractivity contribution in [1.82, 2.24) is 5.32 Å². The van der Waals surface area contributed by atoms with Crippen LogP contribution >= 0.6 is 0 Å². The topological polar surface area (TPSA) is 21.3 Å². The van der Waals surface area contributed by atoms with E-state index in [0.29, 0.717) is 6.61 Å². The Hall–Kier alpha value is -1.30. The average Bonchev–Trinajstić information content (AvgIpc) is 2.30. The second kappa shape index (κ2) is 6.23. The fourth-order valence-electron chi connectivity index (χ4n) is 1.53. The summed E-state index contributed by atoms with van der Waals surface area (Å²) in [5, 5.41) is 3.07. The van der Waals surface area contributed by atoms with Gasteiger partial charge in [-0.2, -0.15) is 0 Å². The normalized spacial score (nSPS) is 14.2. The van der Waals surface area contributed by atoms with Gasteiger partial charge in [0, 0.05) is 6.61 Å². The zero-order valence-corrected chi connectivity index (χ0v) is 9.23. The van der Waals surface area contributed by atoms with Crippen LogP contribution in [0, 0.1) is 12.3 Å². The van der Waals surface area contributed by atoms with Crippen molar-refractivity contribution in [2.24, 2.45) is 0 Å². The monoisotopic (exact) mass is 203 g/mol. The van der Waals surface area contributed by atoms with E-state index in [0.717, 1.165) is 5.56 Å². The minimum Gasteiger partial charge on any atom is -0.371 e. The molecular weight excluding hydrogens is 186 g/mol. The number of hydrogen-bond donors (Lipinski definition) is 1. The van der Waals surface area contributed by atoms with Gasteiger partial charge in [-0.15, -0.1) is 6.42 Å². The predicted octanol–water partition coefficient (Wildman–Crippen LogP) is 1.99. The molecule has 2 nitrogen and oxygen atoms in total. The molecule has 1 aromatic rings. The van der Waals surface area contributed by atoms with Crippen molar-refractivity contribution >= 4 is 0 Å². The van der Waals surface area contributed by atoms with Gasteiger partial charge >= 0.3 is 0 Å². The molecule has 2 heteroatoms. The molecule has 0 saturated carbocycles. The molecule has 0 saturated heterocycles. The first-order valence-corrected chi connectivity index (χ1v) is 5.13. The van der Waals surface area contributed by atoms with Crippen LogP contribution in [0.15, 0.2) is 30.3 Å². The molecule has 0 aliphatic carbocycles. The van der Waals surface area contributed by atoms with E-state index in [9.17, 15) is 0 Å². The predicted molar refractivity (Wildman–Crippen MR) is 62.5 cm³/mol. The fraction of sp³-hybridized carbons (Fsp3) is 0.385. The van der Waals surface area contributed by atoms with E-state index in [2.05, 4.69) is 11.2 Å². The zero-order chi connectivity index (χ0) is 11.1. The maximum atomic E-state index is 5.67. The van der Waals surface area contributed by atoms with Gasteiger partial charge in [-0.25, -0.2) is 0 Å². The Kier molecular flexibility index (Phi) is 4.89. The summed E-state index contributed by atoms with van der Waals surface area (Å²) < 4.78 is 5.67. The third kappa shape index (κ3) is 3.09. The largest absolute Gasteiger partial charge is 0.371 e. The Labute approximate surface area is 91.6 Å². The molecule has 2 unspecified atom stereocenters. The van der Waals surface area contributed by atoms with E-state index < -0.39 is 0 Å².